The van der Waals surface area contributed by atoms with Crippen molar-refractivity contribution in [1.29, 1.82) is 0 Å². The quantitative estimate of drug-likeness (QED) is 0.827. The molecule has 18 heavy (non-hydrogen) atoms. The summed E-state index contributed by atoms with van der Waals surface area (Å²) >= 11 is 0. The van der Waals surface area contributed by atoms with Crippen LogP contribution in [0.1, 0.15) is 24.6 Å². The summed E-state index contributed by atoms with van der Waals surface area (Å²) in [5, 5.41) is 10.00. The van der Waals surface area contributed by atoms with E-state index in [2.05, 4.69) is 9.97 Å². The first-order chi connectivity index (χ1) is 8.70. The third kappa shape index (κ3) is 1.65. The molecule has 0 bridgehead atoms. The summed E-state index contributed by atoms with van der Waals surface area (Å²) in [5.74, 6) is 0.493. The van der Waals surface area contributed by atoms with Gasteiger partial charge in [-0.15, -0.1) is 0 Å². The van der Waals surface area contributed by atoms with E-state index in [1.165, 1.54) is 6.33 Å². The molecule has 0 radical (unpaired) electrons. The number of anilines is 1. The van der Waals surface area contributed by atoms with Crippen LogP contribution in [0.3, 0.4) is 0 Å². The fourth-order valence-corrected chi connectivity index (χ4v) is 2.54. The van der Waals surface area contributed by atoms with Gasteiger partial charge in [-0.1, -0.05) is 0 Å². The van der Waals surface area contributed by atoms with Gasteiger partial charge in [-0.3, -0.25) is 0 Å². The zero-order chi connectivity index (χ0) is 12.7. The second-order valence-corrected chi connectivity index (χ2v) is 4.65. The van der Waals surface area contributed by atoms with E-state index in [4.69, 9.17) is 15.6 Å². The molecule has 0 aromatic carbocycles. The normalized spacial score (nSPS) is 23.9. The van der Waals surface area contributed by atoms with Gasteiger partial charge in [0.1, 0.15) is 24.0 Å². The molecular formula is C12H16N4O2. The zero-order valence-electron chi connectivity index (χ0n) is 10.2. The summed E-state index contributed by atoms with van der Waals surface area (Å²) in [4.78, 5) is 8.30. The Bertz CT molecular complexity index is 581. The molecule has 3 rings (SSSR count). The number of aromatic nitrogens is 3. The van der Waals surface area contributed by atoms with E-state index in [9.17, 15) is 0 Å². The molecule has 6 heteroatoms. The van der Waals surface area contributed by atoms with Crippen LogP contribution in [-0.2, 0) is 4.74 Å². The minimum atomic E-state index is -0.0769. The van der Waals surface area contributed by atoms with Gasteiger partial charge >= 0.3 is 0 Å². The average molecular weight is 248 g/mol. The summed E-state index contributed by atoms with van der Waals surface area (Å²) < 4.78 is 7.75. The van der Waals surface area contributed by atoms with E-state index in [0.29, 0.717) is 5.82 Å². The van der Waals surface area contributed by atoms with Crippen LogP contribution >= 0.6 is 0 Å². The highest BCUT2D eigenvalue weighted by atomic mass is 16.5. The van der Waals surface area contributed by atoms with E-state index < -0.39 is 0 Å². The summed E-state index contributed by atoms with van der Waals surface area (Å²) in [5.41, 5.74) is 7.71. The van der Waals surface area contributed by atoms with Crippen molar-refractivity contribution >= 4 is 16.9 Å². The third-order valence-corrected chi connectivity index (χ3v) is 3.43. The summed E-state index contributed by atoms with van der Waals surface area (Å²) in [6.45, 7) is 2.04. The number of nitrogens with zero attached hydrogens (tertiary/aromatic N) is 3. The topological polar surface area (TPSA) is 86.2 Å². The van der Waals surface area contributed by atoms with Crippen LogP contribution in [0.25, 0.3) is 11.0 Å². The third-order valence-electron chi connectivity index (χ3n) is 3.43. The number of hydrogen-bond donors (Lipinski definition) is 2. The molecule has 3 N–H and O–H groups in total. The number of aryl methyl sites for hydroxylation is 1. The second kappa shape index (κ2) is 4.22. The Morgan fingerprint density at radius 2 is 2.33 bits per heavy atom. The van der Waals surface area contributed by atoms with E-state index in [1.807, 2.05) is 17.7 Å². The van der Waals surface area contributed by atoms with Crippen LogP contribution in [0.15, 0.2) is 12.5 Å². The maximum absolute atomic E-state index is 9.11. The van der Waals surface area contributed by atoms with Gasteiger partial charge in [-0.05, 0) is 25.3 Å². The fourth-order valence-electron chi connectivity index (χ4n) is 2.54. The summed E-state index contributed by atoms with van der Waals surface area (Å²) in [7, 11) is 0. The van der Waals surface area contributed by atoms with E-state index in [0.717, 1.165) is 29.4 Å². The first kappa shape index (κ1) is 11.4. The Balaban J connectivity index is 2.06. The summed E-state index contributed by atoms with van der Waals surface area (Å²) in [6.07, 6.45) is 5.03. The molecule has 0 amide bonds. The maximum Gasteiger partial charge on any atom is 0.147 e. The zero-order valence-corrected chi connectivity index (χ0v) is 10.2. The van der Waals surface area contributed by atoms with Crippen molar-refractivity contribution in [1.82, 2.24) is 14.5 Å². The number of nitrogens with two attached hydrogens (primary N) is 1. The lowest BCUT2D eigenvalue weighted by Crippen LogP contribution is -2.14. The molecule has 0 aliphatic carbocycles. The van der Waals surface area contributed by atoms with Crippen LogP contribution in [-0.4, -0.2) is 32.4 Å². The Labute approximate surface area is 104 Å². The highest BCUT2D eigenvalue weighted by molar-refractivity contribution is 5.89. The molecule has 1 saturated heterocycles. The predicted molar refractivity (Wildman–Crippen MR) is 66.9 cm³/mol. The van der Waals surface area contributed by atoms with E-state index >= 15 is 0 Å². The first-order valence-corrected chi connectivity index (χ1v) is 6.04. The van der Waals surface area contributed by atoms with E-state index in [1.54, 1.807) is 0 Å². The molecule has 0 saturated carbocycles. The monoisotopic (exact) mass is 248 g/mol. The van der Waals surface area contributed by atoms with Gasteiger partial charge in [-0.2, -0.15) is 0 Å². The molecule has 1 fully saturated rings. The van der Waals surface area contributed by atoms with Crippen molar-refractivity contribution in [2.45, 2.75) is 32.1 Å². The first-order valence-electron chi connectivity index (χ1n) is 6.04. The van der Waals surface area contributed by atoms with Crippen molar-refractivity contribution in [2.75, 3.05) is 12.3 Å². The molecule has 1 aliphatic heterocycles. The van der Waals surface area contributed by atoms with Crippen LogP contribution in [0.4, 0.5) is 5.82 Å². The van der Waals surface area contributed by atoms with Crippen molar-refractivity contribution in [3.8, 4) is 0 Å². The fraction of sp³-hybridized carbons (Fsp3) is 0.500. The molecular weight excluding hydrogens is 232 g/mol. The lowest BCUT2D eigenvalue weighted by molar-refractivity contribution is -0.0205. The molecule has 2 atom stereocenters. The lowest BCUT2D eigenvalue weighted by Gasteiger charge is -2.14. The van der Waals surface area contributed by atoms with Crippen LogP contribution in [0.2, 0.25) is 0 Å². The minimum absolute atomic E-state index is 0.0613. The predicted octanol–water partition coefficient (Wildman–Crippen LogP) is 0.992. The highest BCUT2D eigenvalue weighted by Crippen LogP contribution is 2.33. The number of nitrogen functional groups attached to an aromatic ring is 1. The number of aliphatic hydroxyl groups excluding tert-OH is 1. The Morgan fingerprint density at radius 3 is 3.06 bits per heavy atom. The average Bonchev–Trinajstić information content (AvgIpc) is 2.94. The highest BCUT2D eigenvalue weighted by Gasteiger charge is 2.27. The maximum atomic E-state index is 9.11. The van der Waals surface area contributed by atoms with Gasteiger partial charge in [-0.25, -0.2) is 9.97 Å². The number of hydrogen-bond acceptors (Lipinski definition) is 5. The van der Waals surface area contributed by atoms with Gasteiger partial charge in [0.15, 0.2) is 0 Å². The number of rotatable bonds is 2. The molecule has 1 aliphatic rings. The Kier molecular flexibility index (Phi) is 2.68. The Hall–Kier alpha value is -1.66. The van der Waals surface area contributed by atoms with E-state index in [-0.39, 0.29) is 18.9 Å². The number of ether oxygens (including phenoxy) is 1. The minimum Gasteiger partial charge on any atom is -0.394 e. The molecule has 0 unspecified atom stereocenters. The van der Waals surface area contributed by atoms with Gasteiger partial charge in [0.2, 0.25) is 0 Å². The SMILES string of the molecule is Cc1cn([C@H]2CC[C@@H](CO)O2)c2ncnc(N)c12. The largest absolute Gasteiger partial charge is 0.394 e. The smallest absolute Gasteiger partial charge is 0.147 e. The molecule has 2 aromatic heterocycles. The van der Waals surface area contributed by atoms with Crippen LogP contribution < -0.4 is 5.73 Å². The standard InChI is InChI=1S/C12H16N4O2/c1-7-4-16(9-3-2-8(5-17)18-9)12-10(7)11(13)14-6-15-12/h4,6,8-9,17H,2-3,5H2,1H3,(H2,13,14,15)/t8-,9+/m0/s1. The van der Waals surface area contributed by atoms with Gasteiger partial charge in [0.05, 0.1) is 18.1 Å². The number of fused-ring (bicyclic) bond motifs is 1. The molecule has 2 aromatic rings. The lowest BCUT2D eigenvalue weighted by atomic mass is 10.2. The molecule has 3 heterocycles. The van der Waals surface area contributed by atoms with Crippen molar-refractivity contribution in [3.63, 3.8) is 0 Å². The van der Waals surface area contributed by atoms with Crippen molar-refractivity contribution in [3.05, 3.63) is 18.1 Å². The Morgan fingerprint density at radius 1 is 1.50 bits per heavy atom. The number of aliphatic hydroxyl groups is 1. The molecule has 0 spiro atoms. The second-order valence-electron chi connectivity index (χ2n) is 4.65. The van der Waals surface area contributed by atoms with Crippen molar-refractivity contribution < 1.29 is 9.84 Å². The molecule has 96 valence electrons. The van der Waals surface area contributed by atoms with Gasteiger partial charge in [0.25, 0.3) is 0 Å². The van der Waals surface area contributed by atoms with Gasteiger partial charge < -0.3 is 20.1 Å². The van der Waals surface area contributed by atoms with Crippen LogP contribution in [0.5, 0.6) is 0 Å². The van der Waals surface area contributed by atoms with Crippen LogP contribution in [0, 0.1) is 6.92 Å². The molecule has 6 nitrogen and oxygen atoms in total. The van der Waals surface area contributed by atoms with Gasteiger partial charge in [0, 0.05) is 6.20 Å². The van der Waals surface area contributed by atoms with Crippen molar-refractivity contribution in [2.24, 2.45) is 0 Å². The summed E-state index contributed by atoms with van der Waals surface area (Å²) in [6, 6.07) is 0.